The Morgan fingerprint density at radius 2 is 1.70 bits per heavy atom. The van der Waals surface area contributed by atoms with Crippen molar-refractivity contribution in [3.05, 3.63) is 94.2 Å². The minimum atomic E-state index is -0.290. The van der Waals surface area contributed by atoms with Gasteiger partial charge in [0.05, 0.1) is 6.04 Å². The minimum Gasteiger partial charge on any atom is -0.505 e. The zero-order valence-corrected chi connectivity index (χ0v) is 16.3. The fourth-order valence-electron chi connectivity index (χ4n) is 3.15. The number of benzene rings is 2. The number of pyridine rings is 2. The average Bonchev–Trinajstić information content (AvgIpc) is 2.69. The van der Waals surface area contributed by atoms with Crippen LogP contribution in [0.2, 0.25) is 0 Å². The Balaban J connectivity index is 1.89. The molecule has 134 valence electrons. The van der Waals surface area contributed by atoms with Crippen molar-refractivity contribution in [1.82, 2.24) is 9.97 Å². The minimum absolute atomic E-state index is 0.181. The fraction of sp³-hybridized carbons (Fsp3) is 0.0909. The zero-order valence-electron chi connectivity index (χ0n) is 14.7. The smallest absolute Gasteiger partial charge is 0.147 e. The Morgan fingerprint density at radius 1 is 0.926 bits per heavy atom. The molecule has 0 bridgehead atoms. The Kier molecular flexibility index (Phi) is 4.77. The molecule has 4 aromatic rings. The predicted molar refractivity (Wildman–Crippen MR) is 112 cm³/mol. The molecule has 2 N–H and O–H groups in total. The number of phenols is 1. The molecular weight excluding hydrogens is 402 g/mol. The molecule has 0 fully saturated rings. The third-order valence-corrected chi connectivity index (χ3v) is 5.21. The first-order chi connectivity index (χ1) is 13.1. The molecule has 0 spiro atoms. The number of fused-ring (bicyclic) bond motifs is 1. The maximum Gasteiger partial charge on any atom is 0.147 e. The van der Waals surface area contributed by atoms with E-state index >= 15 is 0 Å². The number of nitrogens with zero attached hydrogens (tertiary/aromatic N) is 2. The first-order valence-electron chi connectivity index (χ1n) is 8.65. The summed E-state index contributed by atoms with van der Waals surface area (Å²) >= 11 is 3.64. The number of anilines is 1. The van der Waals surface area contributed by atoms with Crippen LogP contribution in [0.3, 0.4) is 0 Å². The third kappa shape index (κ3) is 3.51. The highest BCUT2D eigenvalue weighted by Crippen LogP contribution is 2.38. The summed E-state index contributed by atoms with van der Waals surface area (Å²) in [6.07, 6.45) is 1.74. The molecule has 1 unspecified atom stereocenters. The van der Waals surface area contributed by atoms with Crippen LogP contribution >= 0.6 is 15.9 Å². The van der Waals surface area contributed by atoms with Gasteiger partial charge in [0.15, 0.2) is 0 Å². The van der Waals surface area contributed by atoms with Crippen LogP contribution in [0.25, 0.3) is 10.9 Å². The molecule has 5 heteroatoms. The summed E-state index contributed by atoms with van der Waals surface area (Å²) in [5, 5.41) is 15.4. The van der Waals surface area contributed by atoms with Crippen molar-refractivity contribution >= 4 is 32.7 Å². The Morgan fingerprint density at radius 3 is 2.48 bits per heavy atom. The number of hydrogen-bond donors (Lipinski definition) is 2. The summed E-state index contributed by atoms with van der Waals surface area (Å²) in [5.74, 6) is 0.912. The first kappa shape index (κ1) is 17.5. The Hall–Kier alpha value is -2.92. The van der Waals surface area contributed by atoms with Gasteiger partial charge in [0, 0.05) is 27.3 Å². The molecule has 0 aliphatic carbocycles. The fourth-order valence-corrected chi connectivity index (χ4v) is 3.66. The second-order valence-corrected chi connectivity index (χ2v) is 7.20. The molecule has 2 aromatic carbocycles. The number of nitrogens with one attached hydrogen (secondary N) is 1. The SMILES string of the molecule is Cc1ccc2ccc(C(Nc3ccccn3)c3ccccc3Br)c(O)c2n1. The molecule has 4 rings (SSSR count). The van der Waals surface area contributed by atoms with E-state index < -0.39 is 0 Å². The third-order valence-electron chi connectivity index (χ3n) is 4.49. The summed E-state index contributed by atoms with van der Waals surface area (Å²) in [6, 6.07) is 21.2. The lowest BCUT2D eigenvalue weighted by Gasteiger charge is -2.23. The van der Waals surface area contributed by atoms with Crippen LogP contribution in [0, 0.1) is 6.92 Å². The van der Waals surface area contributed by atoms with Gasteiger partial charge in [-0.25, -0.2) is 9.97 Å². The van der Waals surface area contributed by atoms with Crippen molar-refractivity contribution in [3.8, 4) is 5.75 Å². The number of aromatic hydroxyl groups is 1. The second kappa shape index (κ2) is 7.37. The standard InChI is InChI=1S/C22H18BrN3O/c1-14-9-10-15-11-12-17(22(27)20(15)25-14)21(16-6-2-3-7-18(16)23)26-19-8-4-5-13-24-19/h2-13,21,27H,1H3,(H,24,26). The molecule has 0 saturated heterocycles. The zero-order chi connectivity index (χ0) is 18.8. The van der Waals surface area contributed by atoms with Crippen molar-refractivity contribution in [2.24, 2.45) is 0 Å². The number of halogens is 1. The van der Waals surface area contributed by atoms with Crippen molar-refractivity contribution in [2.45, 2.75) is 13.0 Å². The van der Waals surface area contributed by atoms with Crippen LogP contribution < -0.4 is 5.32 Å². The van der Waals surface area contributed by atoms with E-state index in [1.54, 1.807) is 6.20 Å². The van der Waals surface area contributed by atoms with E-state index in [-0.39, 0.29) is 11.8 Å². The van der Waals surface area contributed by atoms with Crippen LogP contribution in [0.4, 0.5) is 5.82 Å². The molecule has 2 aromatic heterocycles. The van der Waals surface area contributed by atoms with Gasteiger partial charge in [0.25, 0.3) is 0 Å². The maximum atomic E-state index is 11.0. The van der Waals surface area contributed by atoms with Crippen molar-refractivity contribution in [3.63, 3.8) is 0 Å². The van der Waals surface area contributed by atoms with Crippen molar-refractivity contribution in [1.29, 1.82) is 0 Å². The first-order valence-corrected chi connectivity index (χ1v) is 9.44. The van der Waals surface area contributed by atoms with Crippen LogP contribution in [-0.2, 0) is 0 Å². The normalized spacial score (nSPS) is 12.1. The highest BCUT2D eigenvalue weighted by molar-refractivity contribution is 9.10. The molecule has 0 saturated carbocycles. The molecule has 0 aliphatic heterocycles. The molecule has 0 aliphatic rings. The van der Waals surface area contributed by atoms with Crippen LogP contribution in [-0.4, -0.2) is 15.1 Å². The Bertz CT molecular complexity index is 1100. The van der Waals surface area contributed by atoms with Gasteiger partial charge in [0.2, 0.25) is 0 Å². The summed E-state index contributed by atoms with van der Waals surface area (Å²) in [7, 11) is 0. The van der Waals surface area contributed by atoms with Crippen molar-refractivity contribution in [2.75, 3.05) is 5.32 Å². The van der Waals surface area contributed by atoms with E-state index in [4.69, 9.17) is 0 Å². The number of phenolic OH excluding ortho intramolecular Hbond substituents is 1. The Labute approximate surface area is 166 Å². The molecule has 0 radical (unpaired) electrons. The molecular formula is C22H18BrN3O. The van der Waals surface area contributed by atoms with Gasteiger partial charge in [-0.2, -0.15) is 0 Å². The lowest BCUT2D eigenvalue weighted by atomic mass is 9.96. The van der Waals surface area contributed by atoms with E-state index in [1.807, 2.05) is 73.7 Å². The maximum absolute atomic E-state index is 11.0. The van der Waals surface area contributed by atoms with Gasteiger partial charge < -0.3 is 10.4 Å². The lowest BCUT2D eigenvalue weighted by molar-refractivity contribution is 0.471. The summed E-state index contributed by atoms with van der Waals surface area (Å²) < 4.78 is 0.954. The van der Waals surface area contributed by atoms with Gasteiger partial charge in [-0.05, 0) is 36.8 Å². The molecule has 2 heterocycles. The topological polar surface area (TPSA) is 58.0 Å². The van der Waals surface area contributed by atoms with Crippen LogP contribution in [0.5, 0.6) is 5.75 Å². The highest BCUT2D eigenvalue weighted by Gasteiger charge is 2.22. The van der Waals surface area contributed by atoms with E-state index in [0.29, 0.717) is 5.52 Å². The second-order valence-electron chi connectivity index (χ2n) is 6.34. The van der Waals surface area contributed by atoms with Gasteiger partial charge in [-0.3, -0.25) is 0 Å². The summed E-state index contributed by atoms with van der Waals surface area (Å²) in [5.41, 5.74) is 3.22. The number of rotatable bonds is 4. The van der Waals surface area contributed by atoms with E-state index in [9.17, 15) is 5.11 Å². The molecule has 0 amide bonds. The van der Waals surface area contributed by atoms with Gasteiger partial charge in [-0.15, -0.1) is 0 Å². The largest absolute Gasteiger partial charge is 0.505 e. The molecule has 4 nitrogen and oxygen atoms in total. The summed E-state index contributed by atoms with van der Waals surface area (Å²) in [4.78, 5) is 8.92. The number of aromatic nitrogens is 2. The monoisotopic (exact) mass is 419 g/mol. The van der Waals surface area contributed by atoms with Crippen molar-refractivity contribution < 1.29 is 5.11 Å². The van der Waals surface area contributed by atoms with Crippen LogP contribution in [0.1, 0.15) is 22.9 Å². The van der Waals surface area contributed by atoms with E-state index in [2.05, 4.69) is 31.2 Å². The quantitative estimate of drug-likeness (QED) is 0.451. The highest BCUT2D eigenvalue weighted by atomic mass is 79.9. The van der Waals surface area contributed by atoms with Gasteiger partial charge in [0.1, 0.15) is 17.1 Å². The molecule has 1 atom stereocenters. The average molecular weight is 420 g/mol. The van der Waals surface area contributed by atoms with Gasteiger partial charge in [-0.1, -0.05) is 58.4 Å². The lowest BCUT2D eigenvalue weighted by Crippen LogP contribution is -2.14. The van der Waals surface area contributed by atoms with Gasteiger partial charge >= 0.3 is 0 Å². The summed E-state index contributed by atoms with van der Waals surface area (Å²) in [6.45, 7) is 1.92. The molecule has 27 heavy (non-hydrogen) atoms. The van der Waals surface area contributed by atoms with Crippen LogP contribution in [0.15, 0.2) is 77.4 Å². The predicted octanol–water partition coefficient (Wildman–Crippen LogP) is 5.61. The number of hydrogen-bond acceptors (Lipinski definition) is 4. The number of aryl methyl sites for hydroxylation is 1. The van der Waals surface area contributed by atoms with E-state index in [0.717, 1.165) is 32.5 Å². The van der Waals surface area contributed by atoms with E-state index in [1.165, 1.54) is 0 Å².